The highest BCUT2D eigenvalue weighted by Crippen LogP contribution is 2.19. The summed E-state index contributed by atoms with van der Waals surface area (Å²) in [5.74, 6) is 0.902. The minimum Gasteiger partial charge on any atom is -0.399 e. The molecule has 3 aromatic rings. The van der Waals surface area contributed by atoms with E-state index in [1.807, 2.05) is 52.9 Å². The first-order chi connectivity index (χ1) is 9.76. The lowest BCUT2D eigenvalue weighted by atomic mass is 10.1. The molecule has 0 aliphatic heterocycles. The van der Waals surface area contributed by atoms with Gasteiger partial charge in [-0.2, -0.15) is 10.2 Å². The zero-order chi connectivity index (χ0) is 13.9. The minimum absolute atomic E-state index is 0.614. The molecule has 0 aliphatic rings. The van der Waals surface area contributed by atoms with Gasteiger partial charge in [0.05, 0.1) is 6.20 Å². The van der Waals surface area contributed by atoms with Crippen molar-refractivity contribution in [2.75, 3.05) is 5.73 Å². The normalized spacial score (nSPS) is 10.8. The van der Waals surface area contributed by atoms with Crippen LogP contribution >= 0.6 is 0 Å². The number of hydrogen-bond acceptors (Lipinski definition) is 4. The Balaban J connectivity index is 1.82. The van der Waals surface area contributed by atoms with Gasteiger partial charge >= 0.3 is 0 Å². The highest BCUT2D eigenvalue weighted by molar-refractivity contribution is 5.63. The molecule has 6 heteroatoms. The molecule has 0 radical (unpaired) electrons. The summed E-state index contributed by atoms with van der Waals surface area (Å²) in [5.41, 5.74) is 8.62. The van der Waals surface area contributed by atoms with Gasteiger partial charge in [-0.3, -0.25) is 4.68 Å². The van der Waals surface area contributed by atoms with Gasteiger partial charge in [0.2, 0.25) is 0 Å². The lowest BCUT2D eigenvalue weighted by Gasteiger charge is -2.02. The van der Waals surface area contributed by atoms with Crippen molar-refractivity contribution in [3.05, 3.63) is 48.8 Å². The molecule has 0 unspecified atom stereocenters. The van der Waals surface area contributed by atoms with E-state index < -0.39 is 0 Å². The van der Waals surface area contributed by atoms with Crippen molar-refractivity contribution >= 4 is 5.69 Å². The average Bonchev–Trinajstić information content (AvgIpc) is 3.09. The SMILES string of the molecule is CCn1ncnc1Cn1cc(-c2ccc(N)cc2)cn1. The van der Waals surface area contributed by atoms with Crippen LogP contribution in [-0.4, -0.2) is 24.5 Å². The molecule has 0 amide bonds. The van der Waals surface area contributed by atoms with Gasteiger partial charge in [0, 0.05) is 24.0 Å². The van der Waals surface area contributed by atoms with Crippen LogP contribution in [0, 0.1) is 0 Å². The van der Waals surface area contributed by atoms with Gasteiger partial charge in [0.15, 0.2) is 0 Å². The third kappa shape index (κ3) is 2.40. The first kappa shape index (κ1) is 12.4. The molecule has 0 atom stereocenters. The molecule has 0 saturated heterocycles. The van der Waals surface area contributed by atoms with E-state index in [4.69, 9.17) is 5.73 Å². The number of aryl methyl sites for hydroxylation is 1. The summed E-state index contributed by atoms with van der Waals surface area (Å²) in [6.45, 7) is 3.46. The lowest BCUT2D eigenvalue weighted by molar-refractivity contribution is 0.568. The largest absolute Gasteiger partial charge is 0.399 e. The van der Waals surface area contributed by atoms with Crippen LogP contribution in [0.25, 0.3) is 11.1 Å². The van der Waals surface area contributed by atoms with Crippen molar-refractivity contribution < 1.29 is 0 Å². The molecule has 0 aliphatic carbocycles. The Kier molecular flexibility index (Phi) is 3.20. The number of rotatable bonds is 4. The second-order valence-corrected chi connectivity index (χ2v) is 4.54. The van der Waals surface area contributed by atoms with Crippen molar-refractivity contribution in [2.24, 2.45) is 0 Å². The van der Waals surface area contributed by atoms with Gasteiger partial charge in [-0.15, -0.1) is 0 Å². The molecule has 20 heavy (non-hydrogen) atoms. The van der Waals surface area contributed by atoms with E-state index in [9.17, 15) is 0 Å². The molecule has 2 heterocycles. The third-order valence-corrected chi connectivity index (χ3v) is 3.18. The van der Waals surface area contributed by atoms with Crippen LogP contribution < -0.4 is 5.73 Å². The Labute approximate surface area is 116 Å². The fourth-order valence-electron chi connectivity index (χ4n) is 2.09. The molecule has 3 rings (SSSR count). The quantitative estimate of drug-likeness (QED) is 0.732. The zero-order valence-corrected chi connectivity index (χ0v) is 11.3. The summed E-state index contributed by atoms with van der Waals surface area (Å²) < 4.78 is 3.73. The molecule has 102 valence electrons. The molecule has 1 aromatic carbocycles. The average molecular weight is 268 g/mol. The number of nitrogen functional groups attached to an aromatic ring is 1. The van der Waals surface area contributed by atoms with Crippen molar-refractivity contribution in [1.29, 1.82) is 0 Å². The summed E-state index contributed by atoms with van der Waals surface area (Å²) in [5, 5.41) is 8.53. The van der Waals surface area contributed by atoms with E-state index in [2.05, 4.69) is 15.2 Å². The van der Waals surface area contributed by atoms with Crippen LogP contribution in [0.5, 0.6) is 0 Å². The second-order valence-electron chi connectivity index (χ2n) is 4.54. The maximum atomic E-state index is 5.69. The molecule has 0 bridgehead atoms. The van der Waals surface area contributed by atoms with E-state index >= 15 is 0 Å². The van der Waals surface area contributed by atoms with E-state index in [0.717, 1.165) is 29.2 Å². The monoisotopic (exact) mass is 268 g/mol. The molecule has 6 nitrogen and oxygen atoms in total. The van der Waals surface area contributed by atoms with E-state index in [0.29, 0.717) is 6.54 Å². The summed E-state index contributed by atoms with van der Waals surface area (Å²) in [7, 11) is 0. The van der Waals surface area contributed by atoms with Crippen LogP contribution in [0.1, 0.15) is 12.7 Å². The van der Waals surface area contributed by atoms with Gasteiger partial charge in [0.25, 0.3) is 0 Å². The number of nitrogens with zero attached hydrogens (tertiary/aromatic N) is 5. The lowest BCUT2D eigenvalue weighted by Crippen LogP contribution is -2.09. The minimum atomic E-state index is 0.614. The van der Waals surface area contributed by atoms with Crippen molar-refractivity contribution in [2.45, 2.75) is 20.0 Å². The summed E-state index contributed by atoms with van der Waals surface area (Å²) in [6.07, 6.45) is 5.42. The van der Waals surface area contributed by atoms with Crippen LogP contribution in [-0.2, 0) is 13.1 Å². The predicted molar refractivity (Wildman–Crippen MR) is 76.9 cm³/mol. The van der Waals surface area contributed by atoms with Crippen molar-refractivity contribution in [3.8, 4) is 11.1 Å². The Bertz CT molecular complexity index is 695. The molecular weight excluding hydrogens is 252 g/mol. The van der Waals surface area contributed by atoms with Crippen molar-refractivity contribution in [1.82, 2.24) is 24.5 Å². The van der Waals surface area contributed by atoms with Gasteiger partial charge in [0.1, 0.15) is 18.7 Å². The maximum absolute atomic E-state index is 5.69. The summed E-state index contributed by atoms with van der Waals surface area (Å²) in [6, 6.07) is 7.76. The Hall–Kier alpha value is -2.63. The van der Waals surface area contributed by atoms with Gasteiger partial charge in [-0.05, 0) is 24.6 Å². The smallest absolute Gasteiger partial charge is 0.148 e. The zero-order valence-electron chi connectivity index (χ0n) is 11.3. The number of hydrogen-bond donors (Lipinski definition) is 1. The number of benzene rings is 1. The standard InChI is InChI=1S/C14H16N6/c1-2-20-14(16-10-18-20)9-19-8-12(7-17-19)11-3-5-13(15)6-4-11/h3-8,10H,2,9,15H2,1H3. The molecule has 2 aromatic heterocycles. The molecule has 0 saturated carbocycles. The summed E-state index contributed by atoms with van der Waals surface area (Å²) in [4.78, 5) is 4.25. The third-order valence-electron chi connectivity index (χ3n) is 3.18. The Morgan fingerprint density at radius 2 is 1.90 bits per heavy atom. The molecule has 2 N–H and O–H groups in total. The summed E-state index contributed by atoms with van der Waals surface area (Å²) >= 11 is 0. The Morgan fingerprint density at radius 1 is 1.10 bits per heavy atom. The van der Waals surface area contributed by atoms with E-state index in [1.54, 1.807) is 6.33 Å². The molecular formula is C14H16N6. The molecule has 0 spiro atoms. The van der Waals surface area contributed by atoms with Gasteiger partial charge < -0.3 is 5.73 Å². The van der Waals surface area contributed by atoms with Crippen LogP contribution in [0.4, 0.5) is 5.69 Å². The topological polar surface area (TPSA) is 74.5 Å². The van der Waals surface area contributed by atoms with E-state index in [1.165, 1.54) is 0 Å². The van der Waals surface area contributed by atoms with E-state index in [-0.39, 0.29) is 0 Å². The van der Waals surface area contributed by atoms with Crippen LogP contribution in [0.3, 0.4) is 0 Å². The second kappa shape index (κ2) is 5.16. The first-order valence-electron chi connectivity index (χ1n) is 6.51. The number of aromatic nitrogens is 5. The highest BCUT2D eigenvalue weighted by atomic mass is 15.4. The van der Waals surface area contributed by atoms with Crippen molar-refractivity contribution in [3.63, 3.8) is 0 Å². The fraction of sp³-hybridized carbons (Fsp3) is 0.214. The van der Waals surface area contributed by atoms with Gasteiger partial charge in [-0.25, -0.2) is 9.67 Å². The number of anilines is 1. The van der Waals surface area contributed by atoms with Crippen LogP contribution in [0.15, 0.2) is 43.0 Å². The first-order valence-corrected chi connectivity index (χ1v) is 6.51. The van der Waals surface area contributed by atoms with Crippen LogP contribution in [0.2, 0.25) is 0 Å². The number of nitrogens with two attached hydrogens (primary N) is 1. The molecule has 0 fully saturated rings. The van der Waals surface area contributed by atoms with Gasteiger partial charge in [-0.1, -0.05) is 12.1 Å². The Morgan fingerprint density at radius 3 is 2.65 bits per heavy atom. The highest BCUT2D eigenvalue weighted by Gasteiger charge is 2.06. The maximum Gasteiger partial charge on any atom is 0.148 e. The predicted octanol–water partition coefficient (Wildman–Crippen LogP) is 1.79. The fourth-order valence-corrected chi connectivity index (χ4v) is 2.09.